The van der Waals surface area contributed by atoms with E-state index in [-0.39, 0.29) is 0 Å². The Morgan fingerprint density at radius 3 is 2.79 bits per heavy atom. The van der Waals surface area contributed by atoms with Crippen LogP contribution in [0.3, 0.4) is 0 Å². The Labute approximate surface area is 93.5 Å². The predicted octanol–water partition coefficient (Wildman–Crippen LogP) is 2.34. The zero-order valence-electron chi connectivity index (χ0n) is 8.79. The zero-order chi connectivity index (χ0) is 10.6. The summed E-state index contributed by atoms with van der Waals surface area (Å²) in [5.74, 6) is 0.382. The van der Waals surface area contributed by atoms with Gasteiger partial charge in [0, 0.05) is 18.2 Å². The Kier molecular flexibility index (Phi) is 4.48. The van der Waals surface area contributed by atoms with Crippen LogP contribution < -0.4 is 5.32 Å². The van der Waals surface area contributed by atoms with Crippen LogP contribution in [0.5, 0.6) is 0 Å². The molecule has 1 rings (SSSR count). The molecular formula is C10H16BrN3. The standard InChI is InChI=1S/C10H16BrN3/c1-4-13-8(3)7(2)10-9(11)5-12-6-14-10/h5-8,13H,4H2,1-3H3. The maximum Gasteiger partial charge on any atom is 0.115 e. The van der Waals surface area contributed by atoms with E-state index in [1.54, 1.807) is 12.5 Å². The van der Waals surface area contributed by atoms with Gasteiger partial charge in [-0.25, -0.2) is 9.97 Å². The van der Waals surface area contributed by atoms with Crippen molar-refractivity contribution in [1.82, 2.24) is 15.3 Å². The molecule has 0 aliphatic heterocycles. The van der Waals surface area contributed by atoms with Gasteiger partial charge in [-0.3, -0.25) is 0 Å². The zero-order valence-corrected chi connectivity index (χ0v) is 10.4. The minimum Gasteiger partial charge on any atom is -0.314 e. The first kappa shape index (κ1) is 11.6. The lowest BCUT2D eigenvalue weighted by molar-refractivity contribution is 0.485. The van der Waals surface area contributed by atoms with Crippen molar-refractivity contribution in [2.75, 3.05) is 6.54 Å². The van der Waals surface area contributed by atoms with Crippen molar-refractivity contribution in [1.29, 1.82) is 0 Å². The van der Waals surface area contributed by atoms with E-state index in [1.807, 2.05) is 0 Å². The van der Waals surface area contributed by atoms with Crippen LogP contribution in [0.25, 0.3) is 0 Å². The molecule has 0 aromatic carbocycles. The summed E-state index contributed by atoms with van der Waals surface area (Å²) in [6, 6.07) is 0.422. The van der Waals surface area contributed by atoms with Gasteiger partial charge in [0.1, 0.15) is 6.33 Å². The molecule has 0 aliphatic carbocycles. The van der Waals surface area contributed by atoms with E-state index in [4.69, 9.17) is 0 Å². The van der Waals surface area contributed by atoms with Crippen molar-refractivity contribution >= 4 is 15.9 Å². The molecule has 78 valence electrons. The van der Waals surface area contributed by atoms with Gasteiger partial charge in [0.25, 0.3) is 0 Å². The van der Waals surface area contributed by atoms with Crippen LogP contribution in [0.4, 0.5) is 0 Å². The quantitative estimate of drug-likeness (QED) is 0.900. The van der Waals surface area contributed by atoms with Gasteiger partial charge in [-0.2, -0.15) is 0 Å². The number of aromatic nitrogens is 2. The van der Waals surface area contributed by atoms with Gasteiger partial charge in [-0.15, -0.1) is 0 Å². The lowest BCUT2D eigenvalue weighted by atomic mass is 10.00. The molecule has 2 atom stereocenters. The van der Waals surface area contributed by atoms with E-state index in [0.29, 0.717) is 12.0 Å². The number of nitrogens with one attached hydrogen (secondary N) is 1. The average molecular weight is 258 g/mol. The van der Waals surface area contributed by atoms with Crippen LogP contribution in [0.15, 0.2) is 17.0 Å². The molecular weight excluding hydrogens is 242 g/mol. The van der Waals surface area contributed by atoms with E-state index in [2.05, 4.69) is 52.0 Å². The van der Waals surface area contributed by atoms with Gasteiger partial charge in [-0.1, -0.05) is 13.8 Å². The maximum atomic E-state index is 4.28. The summed E-state index contributed by atoms with van der Waals surface area (Å²) in [6.45, 7) is 7.43. The molecule has 0 amide bonds. The van der Waals surface area contributed by atoms with Gasteiger partial charge in [0.15, 0.2) is 0 Å². The summed E-state index contributed by atoms with van der Waals surface area (Å²) in [7, 11) is 0. The van der Waals surface area contributed by atoms with E-state index in [9.17, 15) is 0 Å². The highest BCUT2D eigenvalue weighted by atomic mass is 79.9. The number of hydrogen-bond acceptors (Lipinski definition) is 3. The van der Waals surface area contributed by atoms with Crippen LogP contribution >= 0.6 is 15.9 Å². The highest BCUT2D eigenvalue weighted by molar-refractivity contribution is 9.10. The highest BCUT2D eigenvalue weighted by Gasteiger charge is 2.16. The Morgan fingerprint density at radius 1 is 1.50 bits per heavy atom. The van der Waals surface area contributed by atoms with Gasteiger partial charge in [0.2, 0.25) is 0 Å². The Morgan fingerprint density at radius 2 is 2.21 bits per heavy atom. The van der Waals surface area contributed by atoms with Crippen molar-refractivity contribution in [3.8, 4) is 0 Å². The second-order valence-electron chi connectivity index (χ2n) is 3.39. The fraction of sp³-hybridized carbons (Fsp3) is 0.600. The molecule has 0 saturated heterocycles. The summed E-state index contributed by atoms with van der Waals surface area (Å²) in [5, 5.41) is 3.39. The topological polar surface area (TPSA) is 37.8 Å². The molecule has 4 heteroatoms. The van der Waals surface area contributed by atoms with Crippen molar-refractivity contribution in [3.05, 3.63) is 22.7 Å². The second kappa shape index (κ2) is 5.41. The smallest absolute Gasteiger partial charge is 0.115 e. The normalized spacial score (nSPS) is 15.1. The molecule has 1 N–H and O–H groups in total. The van der Waals surface area contributed by atoms with Crippen LogP contribution in [-0.2, 0) is 0 Å². The first-order chi connectivity index (χ1) is 6.66. The van der Waals surface area contributed by atoms with Crippen molar-refractivity contribution < 1.29 is 0 Å². The minimum atomic E-state index is 0.382. The molecule has 0 fully saturated rings. The molecule has 14 heavy (non-hydrogen) atoms. The number of hydrogen-bond donors (Lipinski definition) is 1. The molecule has 3 nitrogen and oxygen atoms in total. The van der Waals surface area contributed by atoms with Crippen LogP contribution in [0.1, 0.15) is 32.4 Å². The molecule has 0 radical (unpaired) electrons. The third-order valence-corrected chi connectivity index (χ3v) is 3.01. The van der Waals surface area contributed by atoms with E-state index in [1.165, 1.54) is 0 Å². The summed E-state index contributed by atoms with van der Waals surface area (Å²) in [6.07, 6.45) is 3.38. The van der Waals surface area contributed by atoms with E-state index in [0.717, 1.165) is 16.7 Å². The van der Waals surface area contributed by atoms with Gasteiger partial charge < -0.3 is 5.32 Å². The van der Waals surface area contributed by atoms with Gasteiger partial charge >= 0.3 is 0 Å². The summed E-state index contributed by atoms with van der Waals surface area (Å²) >= 11 is 3.46. The molecule has 1 aromatic rings. The number of halogens is 1. The predicted molar refractivity (Wildman–Crippen MR) is 61.3 cm³/mol. The highest BCUT2D eigenvalue weighted by Crippen LogP contribution is 2.23. The largest absolute Gasteiger partial charge is 0.314 e. The first-order valence-corrected chi connectivity index (χ1v) is 5.64. The molecule has 0 saturated carbocycles. The van der Waals surface area contributed by atoms with Crippen molar-refractivity contribution in [3.63, 3.8) is 0 Å². The van der Waals surface area contributed by atoms with Crippen molar-refractivity contribution in [2.45, 2.75) is 32.7 Å². The molecule has 1 aromatic heterocycles. The number of likely N-dealkylation sites (N-methyl/N-ethyl adjacent to an activating group) is 1. The second-order valence-corrected chi connectivity index (χ2v) is 4.25. The summed E-state index contributed by atoms with van der Waals surface area (Å²) in [4.78, 5) is 8.24. The number of rotatable bonds is 4. The lowest BCUT2D eigenvalue weighted by Crippen LogP contribution is -2.31. The number of nitrogens with zero attached hydrogens (tertiary/aromatic N) is 2. The van der Waals surface area contributed by atoms with Crippen LogP contribution in [-0.4, -0.2) is 22.6 Å². The molecule has 0 bridgehead atoms. The summed E-state index contributed by atoms with van der Waals surface area (Å²) in [5.41, 5.74) is 1.06. The fourth-order valence-corrected chi connectivity index (χ4v) is 1.97. The Balaban J connectivity index is 2.78. The molecule has 2 unspecified atom stereocenters. The van der Waals surface area contributed by atoms with Crippen LogP contribution in [0.2, 0.25) is 0 Å². The van der Waals surface area contributed by atoms with Gasteiger partial charge in [0.05, 0.1) is 10.2 Å². The Bertz CT molecular complexity index is 290. The van der Waals surface area contributed by atoms with E-state index < -0.39 is 0 Å². The van der Waals surface area contributed by atoms with Crippen LogP contribution in [0, 0.1) is 0 Å². The van der Waals surface area contributed by atoms with Crippen molar-refractivity contribution in [2.24, 2.45) is 0 Å². The molecule has 0 spiro atoms. The third kappa shape index (κ3) is 2.75. The minimum absolute atomic E-state index is 0.382. The monoisotopic (exact) mass is 257 g/mol. The molecule has 1 heterocycles. The fourth-order valence-electron chi connectivity index (χ4n) is 1.39. The Hall–Kier alpha value is -0.480. The summed E-state index contributed by atoms with van der Waals surface area (Å²) < 4.78 is 0.984. The lowest BCUT2D eigenvalue weighted by Gasteiger charge is -2.20. The molecule has 0 aliphatic rings. The average Bonchev–Trinajstić information content (AvgIpc) is 2.18. The SMILES string of the molecule is CCNC(C)C(C)c1ncncc1Br. The van der Waals surface area contributed by atoms with E-state index >= 15 is 0 Å². The third-order valence-electron chi connectivity index (χ3n) is 2.40. The van der Waals surface area contributed by atoms with Gasteiger partial charge in [-0.05, 0) is 29.4 Å². The maximum absolute atomic E-state index is 4.28. The first-order valence-electron chi connectivity index (χ1n) is 4.85.